The van der Waals surface area contributed by atoms with Gasteiger partial charge in [0.2, 0.25) is 0 Å². The fraction of sp³-hybridized carbons (Fsp3) is 0.267. The van der Waals surface area contributed by atoms with Gasteiger partial charge in [0.05, 0.1) is 40.1 Å². The van der Waals surface area contributed by atoms with Gasteiger partial charge in [0, 0.05) is 12.4 Å². The van der Waals surface area contributed by atoms with Gasteiger partial charge in [0.25, 0.3) is 5.91 Å². The lowest BCUT2D eigenvalue weighted by Crippen LogP contribution is -2.19. The van der Waals surface area contributed by atoms with Crippen molar-refractivity contribution in [3.8, 4) is 0 Å². The summed E-state index contributed by atoms with van der Waals surface area (Å²) in [6.45, 7) is 1.21. The van der Waals surface area contributed by atoms with E-state index in [1.54, 1.807) is 13.0 Å². The van der Waals surface area contributed by atoms with Crippen LogP contribution in [-0.2, 0) is 9.84 Å². The number of aliphatic hydroxyl groups is 1. The molecule has 8 heteroatoms. The number of rotatable bonds is 6. The van der Waals surface area contributed by atoms with Crippen LogP contribution in [0.3, 0.4) is 0 Å². The summed E-state index contributed by atoms with van der Waals surface area (Å²) >= 11 is 0. The molecule has 0 saturated carbocycles. The molecular weight excluding hydrogens is 318 g/mol. The maximum atomic E-state index is 11.8. The van der Waals surface area contributed by atoms with Crippen molar-refractivity contribution in [2.24, 2.45) is 5.73 Å². The molecule has 2 aromatic heterocycles. The number of nitrogens with two attached hydrogens (primary N) is 1. The number of aliphatic hydroxyl groups excluding tert-OH is 1. The lowest BCUT2D eigenvalue weighted by atomic mass is 9.96. The quantitative estimate of drug-likeness (QED) is 0.792. The molecule has 0 aliphatic heterocycles. The Hall–Kier alpha value is -2.32. The van der Waals surface area contributed by atoms with E-state index in [1.165, 1.54) is 30.6 Å². The number of sulfone groups is 1. The SMILES string of the molecule is CCS(=O)(=O)c1ccc([C@H](CO)c2ncccc2C(N)=O)nc1. The molecule has 122 valence electrons. The molecule has 2 heterocycles. The Morgan fingerprint density at radius 2 is 2.04 bits per heavy atom. The lowest BCUT2D eigenvalue weighted by Gasteiger charge is -2.16. The molecule has 1 amide bonds. The number of primary amides is 1. The maximum absolute atomic E-state index is 11.8. The van der Waals surface area contributed by atoms with Crippen LogP contribution in [0.2, 0.25) is 0 Å². The summed E-state index contributed by atoms with van der Waals surface area (Å²) in [4.78, 5) is 19.8. The lowest BCUT2D eigenvalue weighted by molar-refractivity contribution is 0.0998. The largest absolute Gasteiger partial charge is 0.395 e. The van der Waals surface area contributed by atoms with E-state index in [-0.39, 0.29) is 22.8 Å². The van der Waals surface area contributed by atoms with Gasteiger partial charge < -0.3 is 10.8 Å². The number of carbonyl (C=O) groups excluding carboxylic acids is 1. The first-order chi connectivity index (χ1) is 10.9. The molecule has 0 unspecified atom stereocenters. The standard InChI is InChI=1S/C15H17N3O4S/c1-2-23(21,22)10-5-6-13(18-8-10)12(9-19)14-11(15(16)20)4-3-7-17-14/h3-8,12,19H,2,9H2,1H3,(H2,16,20)/t12-/m0/s1. The Bertz CT molecular complexity index is 804. The monoisotopic (exact) mass is 335 g/mol. The van der Waals surface area contributed by atoms with Gasteiger partial charge in [-0.05, 0) is 24.3 Å². The number of hydrogen-bond acceptors (Lipinski definition) is 6. The van der Waals surface area contributed by atoms with Crippen molar-refractivity contribution < 1.29 is 18.3 Å². The molecule has 0 spiro atoms. The first-order valence-electron chi connectivity index (χ1n) is 6.95. The van der Waals surface area contributed by atoms with Gasteiger partial charge in [-0.3, -0.25) is 14.8 Å². The van der Waals surface area contributed by atoms with Crippen molar-refractivity contribution >= 4 is 15.7 Å². The van der Waals surface area contributed by atoms with Gasteiger partial charge in [-0.1, -0.05) is 6.92 Å². The minimum absolute atomic E-state index is 0.0243. The second-order valence-electron chi connectivity index (χ2n) is 4.86. The number of nitrogens with zero attached hydrogens (tertiary/aromatic N) is 2. The molecule has 7 nitrogen and oxygen atoms in total. The van der Waals surface area contributed by atoms with Crippen molar-refractivity contribution in [3.63, 3.8) is 0 Å². The normalized spacial score (nSPS) is 12.8. The van der Waals surface area contributed by atoms with Crippen LogP contribution in [0.15, 0.2) is 41.6 Å². The topological polar surface area (TPSA) is 123 Å². The Balaban J connectivity index is 2.45. The van der Waals surface area contributed by atoms with Crippen molar-refractivity contribution in [1.82, 2.24) is 9.97 Å². The van der Waals surface area contributed by atoms with Crippen LogP contribution >= 0.6 is 0 Å². The Morgan fingerprint density at radius 3 is 2.57 bits per heavy atom. The van der Waals surface area contributed by atoms with Crippen molar-refractivity contribution in [1.29, 1.82) is 0 Å². The molecule has 2 aromatic rings. The molecule has 0 aromatic carbocycles. The molecule has 1 atom stereocenters. The van der Waals surface area contributed by atoms with Gasteiger partial charge in [-0.25, -0.2) is 8.42 Å². The van der Waals surface area contributed by atoms with Gasteiger partial charge >= 0.3 is 0 Å². The van der Waals surface area contributed by atoms with Gasteiger partial charge in [0.1, 0.15) is 0 Å². The third-order valence-corrected chi connectivity index (χ3v) is 5.19. The van der Waals surface area contributed by atoms with Crippen molar-refractivity contribution in [2.45, 2.75) is 17.7 Å². The van der Waals surface area contributed by atoms with E-state index in [4.69, 9.17) is 5.73 Å². The zero-order valence-electron chi connectivity index (χ0n) is 12.5. The third-order valence-electron chi connectivity index (χ3n) is 3.47. The van der Waals surface area contributed by atoms with E-state index in [9.17, 15) is 18.3 Å². The van der Waals surface area contributed by atoms with Gasteiger partial charge in [0.15, 0.2) is 9.84 Å². The van der Waals surface area contributed by atoms with Crippen LogP contribution in [0.5, 0.6) is 0 Å². The van der Waals surface area contributed by atoms with E-state index < -0.39 is 21.7 Å². The van der Waals surface area contributed by atoms with Crippen LogP contribution in [0.1, 0.15) is 34.6 Å². The molecule has 0 bridgehead atoms. The Labute approximate surface area is 134 Å². The van der Waals surface area contributed by atoms with E-state index in [0.717, 1.165) is 0 Å². The molecule has 0 aliphatic carbocycles. The first kappa shape index (κ1) is 17.0. The van der Waals surface area contributed by atoms with Crippen LogP contribution < -0.4 is 5.73 Å². The van der Waals surface area contributed by atoms with Crippen LogP contribution in [-0.4, -0.2) is 41.8 Å². The highest BCUT2D eigenvalue weighted by Gasteiger charge is 2.22. The fourth-order valence-electron chi connectivity index (χ4n) is 2.17. The summed E-state index contributed by atoms with van der Waals surface area (Å²) in [5.74, 6) is -1.35. The predicted molar refractivity (Wildman–Crippen MR) is 83.6 cm³/mol. The number of amides is 1. The van der Waals surface area contributed by atoms with Crippen LogP contribution in [0.4, 0.5) is 0 Å². The number of hydrogen-bond donors (Lipinski definition) is 2. The van der Waals surface area contributed by atoms with Crippen molar-refractivity contribution in [2.75, 3.05) is 12.4 Å². The van der Waals surface area contributed by atoms with Gasteiger partial charge in [-0.15, -0.1) is 0 Å². The first-order valence-corrected chi connectivity index (χ1v) is 8.60. The number of carbonyl (C=O) groups is 1. The van der Waals surface area contributed by atoms with E-state index >= 15 is 0 Å². The summed E-state index contributed by atoms with van der Waals surface area (Å²) in [6.07, 6.45) is 2.73. The maximum Gasteiger partial charge on any atom is 0.250 e. The minimum atomic E-state index is -3.35. The van der Waals surface area contributed by atoms with E-state index in [2.05, 4.69) is 9.97 Å². The molecule has 0 saturated heterocycles. The summed E-state index contributed by atoms with van der Waals surface area (Å²) in [5.41, 5.74) is 6.23. The Kier molecular flexibility index (Phi) is 5.07. The highest BCUT2D eigenvalue weighted by atomic mass is 32.2. The van der Waals surface area contributed by atoms with Crippen LogP contribution in [0, 0.1) is 0 Å². The van der Waals surface area contributed by atoms with Crippen LogP contribution in [0.25, 0.3) is 0 Å². The highest BCUT2D eigenvalue weighted by Crippen LogP contribution is 2.24. The average Bonchev–Trinajstić information content (AvgIpc) is 2.56. The summed E-state index contributed by atoms with van der Waals surface area (Å²) in [6, 6.07) is 6.02. The number of pyridine rings is 2. The molecule has 23 heavy (non-hydrogen) atoms. The molecule has 0 aliphatic rings. The zero-order chi connectivity index (χ0) is 17.0. The van der Waals surface area contributed by atoms with E-state index in [0.29, 0.717) is 11.4 Å². The smallest absolute Gasteiger partial charge is 0.250 e. The average molecular weight is 335 g/mol. The Morgan fingerprint density at radius 1 is 1.30 bits per heavy atom. The predicted octanol–water partition coefficient (Wildman–Crippen LogP) is 0.493. The third kappa shape index (κ3) is 3.54. The zero-order valence-corrected chi connectivity index (χ0v) is 13.3. The van der Waals surface area contributed by atoms with E-state index in [1.807, 2.05) is 0 Å². The second kappa shape index (κ2) is 6.84. The van der Waals surface area contributed by atoms with Gasteiger partial charge in [-0.2, -0.15) is 0 Å². The minimum Gasteiger partial charge on any atom is -0.395 e. The molecular formula is C15H17N3O4S. The molecule has 2 rings (SSSR count). The fourth-order valence-corrected chi connectivity index (χ4v) is 2.99. The molecule has 0 fully saturated rings. The molecule has 0 radical (unpaired) electrons. The molecule has 3 N–H and O–H groups in total. The summed E-state index contributed by atoms with van der Waals surface area (Å²) < 4.78 is 23.6. The summed E-state index contributed by atoms with van der Waals surface area (Å²) in [5, 5.41) is 9.66. The number of aromatic nitrogens is 2. The van der Waals surface area contributed by atoms with Crippen molar-refractivity contribution in [3.05, 3.63) is 53.6 Å². The summed E-state index contributed by atoms with van der Waals surface area (Å²) in [7, 11) is -3.35. The second-order valence-corrected chi connectivity index (χ2v) is 7.14. The highest BCUT2D eigenvalue weighted by molar-refractivity contribution is 7.91.